The molecule has 15 heavy (non-hydrogen) atoms. The van der Waals surface area contributed by atoms with Gasteiger partial charge in [-0.25, -0.2) is 0 Å². The molecule has 1 aliphatic rings. The number of carbonyl (C=O) groups is 1. The van der Waals surface area contributed by atoms with Gasteiger partial charge in [-0.3, -0.25) is 4.79 Å². The second-order valence-corrected chi connectivity index (χ2v) is 4.03. The van der Waals surface area contributed by atoms with Gasteiger partial charge in [-0.15, -0.1) is 0 Å². The normalized spacial score (nSPS) is 24.3. The zero-order valence-electron chi connectivity index (χ0n) is 9.40. The van der Waals surface area contributed by atoms with Gasteiger partial charge in [-0.1, -0.05) is 0 Å². The highest BCUT2D eigenvalue weighted by Crippen LogP contribution is 2.09. The molecule has 0 aromatic heterocycles. The van der Waals surface area contributed by atoms with Crippen LogP contribution in [0.5, 0.6) is 0 Å². The number of hydrogen-bond acceptors (Lipinski definition) is 4. The maximum absolute atomic E-state index is 11.2. The van der Waals surface area contributed by atoms with Crippen molar-refractivity contribution in [2.24, 2.45) is 0 Å². The van der Waals surface area contributed by atoms with Crippen molar-refractivity contribution in [2.75, 3.05) is 33.9 Å². The molecular formula is C10H20N2O3. The molecule has 5 nitrogen and oxygen atoms in total. The second-order valence-electron chi connectivity index (χ2n) is 4.03. The minimum absolute atomic E-state index is 0.200. The minimum atomic E-state index is -0.474. The van der Waals surface area contributed by atoms with Gasteiger partial charge < -0.3 is 20.1 Å². The van der Waals surface area contributed by atoms with Crippen LogP contribution in [-0.2, 0) is 9.53 Å². The van der Waals surface area contributed by atoms with Crippen molar-refractivity contribution in [3.8, 4) is 0 Å². The number of aliphatic hydroxyl groups excluding tert-OH is 1. The average molecular weight is 216 g/mol. The first-order valence-corrected chi connectivity index (χ1v) is 5.28. The Labute approximate surface area is 90.4 Å². The molecule has 0 radical (unpaired) electrons. The second kappa shape index (κ2) is 6.05. The molecule has 1 fully saturated rings. The highest BCUT2D eigenvalue weighted by molar-refractivity contribution is 5.76. The van der Waals surface area contributed by atoms with E-state index >= 15 is 0 Å². The first kappa shape index (κ1) is 12.4. The Hall–Kier alpha value is -0.650. The van der Waals surface area contributed by atoms with Gasteiger partial charge in [0.15, 0.2) is 0 Å². The Balaban J connectivity index is 2.19. The van der Waals surface area contributed by atoms with E-state index in [0.29, 0.717) is 25.6 Å². The topological polar surface area (TPSA) is 61.8 Å². The van der Waals surface area contributed by atoms with E-state index in [9.17, 15) is 9.90 Å². The van der Waals surface area contributed by atoms with Gasteiger partial charge in [0.05, 0.1) is 12.7 Å². The molecule has 2 atom stereocenters. The Morgan fingerprint density at radius 3 is 3.07 bits per heavy atom. The lowest BCUT2D eigenvalue weighted by atomic mass is 10.1. The van der Waals surface area contributed by atoms with E-state index in [2.05, 4.69) is 5.32 Å². The summed E-state index contributed by atoms with van der Waals surface area (Å²) in [6.07, 6.45) is 0.968. The molecule has 88 valence electrons. The van der Waals surface area contributed by atoms with Crippen LogP contribution in [0.2, 0.25) is 0 Å². The summed E-state index contributed by atoms with van der Waals surface area (Å²) in [5, 5.41) is 12.7. The predicted octanol–water partition coefficient (Wildman–Crippen LogP) is -0.796. The number of nitrogens with one attached hydrogen (secondary N) is 1. The molecule has 0 aliphatic carbocycles. The third-order valence-corrected chi connectivity index (χ3v) is 2.63. The first-order chi connectivity index (χ1) is 7.13. The van der Waals surface area contributed by atoms with Crippen LogP contribution in [0.25, 0.3) is 0 Å². The monoisotopic (exact) mass is 216 g/mol. The number of amides is 1. The molecule has 0 aromatic rings. The van der Waals surface area contributed by atoms with Crippen molar-refractivity contribution in [1.82, 2.24) is 10.2 Å². The van der Waals surface area contributed by atoms with Crippen LogP contribution in [0.15, 0.2) is 0 Å². The number of ether oxygens (including phenoxy) is 1. The smallest absolute Gasteiger partial charge is 0.222 e. The molecular weight excluding hydrogens is 196 g/mol. The number of nitrogens with zero attached hydrogens (tertiary/aromatic N) is 1. The van der Waals surface area contributed by atoms with Gasteiger partial charge >= 0.3 is 0 Å². The number of carbonyl (C=O) groups excluding carboxylic acids is 1. The van der Waals surface area contributed by atoms with Crippen molar-refractivity contribution in [3.63, 3.8) is 0 Å². The van der Waals surface area contributed by atoms with Crippen LogP contribution in [-0.4, -0.2) is 61.9 Å². The molecule has 0 saturated carbocycles. The number of likely N-dealkylation sites (tertiary alicyclic amines) is 1. The molecule has 0 bridgehead atoms. The van der Waals surface area contributed by atoms with E-state index < -0.39 is 6.10 Å². The molecule has 1 heterocycles. The Bertz CT molecular complexity index is 211. The number of piperidine rings is 1. The summed E-state index contributed by atoms with van der Waals surface area (Å²) in [5.74, 6) is 0.200. The van der Waals surface area contributed by atoms with Gasteiger partial charge in [0.2, 0.25) is 5.91 Å². The highest BCUT2D eigenvalue weighted by Gasteiger charge is 2.22. The lowest BCUT2D eigenvalue weighted by Gasteiger charge is -2.30. The SMILES string of the molecule is COCC(O)CNC1CCC(=O)N(C)C1. The van der Waals surface area contributed by atoms with Crippen LogP contribution < -0.4 is 5.32 Å². The van der Waals surface area contributed by atoms with Gasteiger partial charge in [0.1, 0.15) is 0 Å². The van der Waals surface area contributed by atoms with Crippen LogP contribution in [0, 0.1) is 0 Å². The Morgan fingerprint density at radius 1 is 1.73 bits per heavy atom. The first-order valence-electron chi connectivity index (χ1n) is 5.28. The van der Waals surface area contributed by atoms with Crippen LogP contribution >= 0.6 is 0 Å². The summed E-state index contributed by atoms with van der Waals surface area (Å²) in [7, 11) is 3.37. The zero-order chi connectivity index (χ0) is 11.3. The largest absolute Gasteiger partial charge is 0.389 e. The van der Waals surface area contributed by atoms with Crippen molar-refractivity contribution in [3.05, 3.63) is 0 Å². The number of aliphatic hydroxyl groups is 1. The van der Waals surface area contributed by atoms with Crippen molar-refractivity contribution in [2.45, 2.75) is 25.0 Å². The summed E-state index contributed by atoms with van der Waals surface area (Å²) in [5.41, 5.74) is 0. The maximum Gasteiger partial charge on any atom is 0.222 e. The number of methoxy groups -OCH3 is 1. The molecule has 1 saturated heterocycles. The number of likely N-dealkylation sites (N-methyl/N-ethyl adjacent to an activating group) is 1. The standard InChI is InChI=1S/C10H20N2O3/c1-12-6-8(3-4-10(12)14)11-5-9(13)7-15-2/h8-9,11,13H,3-7H2,1-2H3. The van der Waals surface area contributed by atoms with Crippen molar-refractivity contribution >= 4 is 5.91 Å². The molecule has 1 rings (SSSR count). The predicted molar refractivity (Wildman–Crippen MR) is 56.5 cm³/mol. The fourth-order valence-electron chi connectivity index (χ4n) is 1.73. The van der Waals surface area contributed by atoms with Gasteiger partial charge in [0, 0.05) is 39.7 Å². The van der Waals surface area contributed by atoms with Crippen LogP contribution in [0.1, 0.15) is 12.8 Å². The molecule has 2 N–H and O–H groups in total. The lowest BCUT2D eigenvalue weighted by Crippen LogP contribution is -2.48. The fraction of sp³-hybridized carbons (Fsp3) is 0.900. The molecule has 0 aromatic carbocycles. The van der Waals surface area contributed by atoms with E-state index in [1.165, 1.54) is 0 Å². The molecule has 2 unspecified atom stereocenters. The highest BCUT2D eigenvalue weighted by atomic mass is 16.5. The van der Waals surface area contributed by atoms with Crippen LogP contribution in [0.3, 0.4) is 0 Å². The summed E-state index contributed by atoms with van der Waals surface area (Å²) in [6.45, 7) is 1.58. The van der Waals surface area contributed by atoms with Gasteiger partial charge in [0.25, 0.3) is 0 Å². The summed E-state index contributed by atoms with van der Waals surface area (Å²) in [4.78, 5) is 12.9. The number of rotatable bonds is 5. The van der Waals surface area contributed by atoms with Gasteiger partial charge in [-0.05, 0) is 6.42 Å². The van der Waals surface area contributed by atoms with E-state index in [1.807, 2.05) is 7.05 Å². The van der Waals surface area contributed by atoms with Crippen molar-refractivity contribution in [1.29, 1.82) is 0 Å². The molecule has 1 aliphatic heterocycles. The Kier molecular flexibility index (Phi) is 5.01. The third-order valence-electron chi connectivity index (χ3n) is 2.63. The Morgan fingerprint density at radius 2 is 2.47 bits per heavy atom. The fourth-order valence-corrected chi connectivity index (χ4v) is 1.73. The minimum Gasteiger partial charge on any atom is -0.389 e. The summed E-state index contributed by atoms with van der Waals surface area (Å²) >= 11 is 0. The summed E-state index contributed by atoms with van der Waals surface area (Å²) in [6, 6.07) is 0.291. The van der Waals surface area contributed by atoms with E-state index in [0.717, 1.165) is 13.0 Å². The van der Waals surface area contributed by atoms with Gasteiger partial charge in [-0.2, -0.15) is 0 Å². The maximum atomic E-state index is 11.2. The molecule has 5 heteroatoms. The lowest BCUT2D eigenvalue weighted by molar-refractivity contribution is -0.132. The third kappa shape index (κ3) is 4.15. The van der Waals surface area contributed by atoms with E-state index in [1.54, 1.807) is 12.0 Å². The number of hydrogen-bond donors (Lipinski definition) is 2. The average Bonchev–Trinajstić information content (AvgIpc) is 2.20. The van der Waals surface area contributed by atoms with Crippen molar-refractivity contribution < 1.29 is 14.6 Å². The quantitative estimate of drug-likeness (QED) is 0.632. The van der Waals surface area contributed by atoms with Crippen LogP contribution in [0.4, 0.5) is 0 Å². The summed E-state index contributed by atoms with van der Waals surface area (Å²) < 4.78 is 4.83. The van der Waals surface area contributed by atoms with E-state index in [4.69, 9.17) is 4.74 Å². The molecule has 1 amide bonds. The zero-order valence-corrected chi connectivity index (χ0v) is 9.40. The van der Waals surface area contributed by atoms with E-state index in [-0.39, 0.29) is 5.91 Å². The molecule has 0 spiro atoms.